The minimum atomic E-state index is -0.968. The number of nitrogens with zero attached hydrogens (tertiary/aromatic N) is 4. The Labute approximate surface area is 436 Å². The van der Waals surface area contributed by atoms with E-state index in [1.54, 1.807) is 0 Å². The van der Waals surface area contributed by atoms with Crippen LogP contribution in [0.25, 0.3) is 0 Å². The minimum absolute atomic E-state index is 0. The lowest BCUT2D eigenvalue weighted by atomic mass is 10.2. The lowest BCUT2D eigenvalue weighted by Gasteiger charge is -2.25. The molecule has 0 radical (unpaired) electrons. The number of carbonyl (C=O) groups excluding carboxylic acids is 6. The highest BCUT2D eigenvalue weighted by molar-refractivity contribution is 6.61. The van der Waals surface area contributed by atoms with Crippen LogP contribution in [0.3, 0.4) is 0 Å². The largest absolute Gasteiger partial charge is 0.480 e. The predicted octanol–water partition coefficient (Wildman–Crippen LogP) is 8.07. The van der Waals surface area contributed by atoms with Gasteiger partial charge in [-0.1, -0.05) is 140 Å². The van der Waals surface area contributed by atoms with E-state index < -0.39 is 59.6 Å². The molecule has 0 aromatic heterocycles. The quantitative estimate of drug-likeness (QED) is 0.0442. The first-order valence-electron chi connectivity index (χ1n) is 23.8. The Morgan fingerprint density at radius 3 is 1.12 bits per heavy atom. The number of amides is 5. The Bertz CT molecular complexity index is 1950. The van der Waals surface area contributed by atoms with Crippen molar-refractivity contribution in [2.45, 2.75) is 126 Å². The number of halogens is 1. The zero-order valence-electron chi connectivity index (χ0n) is 41.5. The summed E-state index contributed by atoms with van der Waals surface area (Å²) in [5.41, 5.74) is 6.68. The molecule has 3 aliphatic heterocycles. The van der Waals surface area contributed by atoms with Crippen LogP contribution in [0.15, 0.2) is 91.0 Å². The molecule has 6 rings (SSSR count). The van der Waals surface area contributed by atoms with E-state index in [9.17, 15) is 33.6 Å². The average Bonchev–Trinajstić information content (AvgIpc) is 4.21. The average molecular weight is 1050 g/mol. The molecule has 3 aliphatic rings. The molecule has 1 unspecified atom stereocenters. The summed E-state index contributed by atoms with van der Waals surface area (Å²) >= 11 is 4.86. The van der Waals surface area contributed by atoms with Gasteiger partial charge in [0.2, 0.25) is 0 Å². The first-order chi connectivity index (χ1) is 34.2. The fourth-order valence-corrected chi connectivity index (χ4v) is 7.42. The van der Waals surface area contributed by atoms with Crippen LogP contribution in [0.1, 0.15) is 105 Å². The molecule has 408 valence electrons. The molecule has 5 amide bonds. The third-order valence-corrected chi connectivity index (χ3v) is 11.3. The van der Waals surface area contributed by atoms with Crippen LogP contribution in [0.5, 0.6) is 0 Å². The highest BCUT2D eigenvalue weighted by Gasteiger charge is 2.38. The highest BCUT2D eigenvalue weighted by Crippen LogP contribution is 2.22. The molecule has 3 heterocycles. The van der Waals surface area contributed by atoms with Crippen molar-refractivity contribution in [3.05, 3.63) is 108 Å². The third-order valence-electron chi connectivity index (χ3n) is 11.1. The number of aliphatic carboxylic acids is 1. The van der Waals surface area contributed by atoms with E-state index in [1.807, 2.05) is 105 Å². The van der Waals surface area contributed by atoms with Gasteiger partial charge in [-0.05, 0) is 80.8 Å². The van der Waals surface area contributed by atoms with Crippen LogP contribution < -0.4 is 22.5 Å². The van der Waals surface area contributed by atoms with E-state index in [4.69, 9.17) is 30.9 Å². The number of hydrogen-bond donors (Lipinski definition) is 5. The predicted molar refractivity (Wildman–Crippen MR) is 280 cm³/mol. The number of ether oxygens (including phenoxy) is 4. The van der Waals surface area contributed by atoms with Crippen molar-refractivity contribution in [2.75, 3.05) is 45.9 Å². The second-order valence-electron chi connectivity index (χ2n) is 16.6. The first-order valence-corrected chi connectivity index (χ1v) is 24.2. The van der Waals surface area contributed by atoms with Gasteiger partial charge in [-0.2, -0.15) is 0 Å². The van der Waals surface area contributed by atoms with E-state index in [-0.39, 0.29) is 34.7 Å². The number of nitrogens with two attached hydrogens (primary N) is 2. The van der Waals surface area contributed by atoms with Crippen LogP contribution in [-0.4, -0.2) is 130 Å². The number of hydrazine groups is 2. The first kappa shape index (κ1) is 66.5. The molecule has 0 spiro atoms. The Hall–Kier alpha value is -6.48. The van der Waals surface area contributed by atoms with Crippen molar-refractivity contribution in [3.63, 3.8) is 0 Å². The molecule has 3 fully saturated rings. The monoisotopic (exact) mass is 1040 g/mol. The molecule has 0 saturated carbocycles. The van der Waals surface area contributed by atoms with Crippen LogP contribution in [-0.2, 0) is 53.2 Å². The lowest BCUT2D eigenvalue weighted by molar-refractivity contribution is -0.141. The molecule has 73 heavy (non-hydrogen) atoms. The normalized spacial score (nSPS) is 16.1. The number of carboxylic acid groups (broad SMARTS) is 1. The Balaban J connectivity index is 0.00000116. The van der Waals surface area contributed by atoms with Gasteiger partial charge >= 0.3 is 29.7 Å². The molecule has 20 nitrogen and oxygen atoms in total. The van der Waals surface area contributed by atoms with E-state index >= 15 is 0 Å². The van der Waals surface area contributed by atoms with E-state index in [0.717, 1.165) is 16.7 Å². The van der Waals surface area contributed by atoms with Crippen molar-refractivity contribution in [1.29, 1.82) is 0 Å². The molecular formula is C52H81ClN8O12. The smallest absolute Gasteiger partial charge is 0.410 e. The van der Waals surface area contributed by atoms with Gasteiger partial charge < -0.3 is 29.0 Å². The molecule has 3 aromatic rings. The summed E-state index contributed by atoms with van der Waals surface area (Å²) in [6.07, 6.45) is 1.72. The highest BCUT2D eigenvalue weighted by atomic mass is 35.5. The SMILES string of the molecule is C.C.CC(C)COC(=O)Cl.CCN(CC)CC.NN.O=C(NNC(=O)[C@@H]1CCCN1C(=O)OCc1ccccc1)C1CCCN1C(=O)OCc1ccccc1.O=C(O)[C@@H]1CCCN1C(=O)OCc1ccccc1. The zero-order chi connectivity index (χ0) is 52.6. The Morgan fingerprint density at radius 2 is 0.877 bits per heavy atom. The molecule has 3 aromatic carbocycles. The van der Waals surface area contributed by atoms with Crippen molar-refractivity contribution >= 4 is 53.1 Å². The van der Waals surface area contributed by atoms with Gasteiger partial charge in [0.05, 0.1) is 6.61 Å². The number of carboxylic acids is 1. The van der Waals surface area contributed by atoms with Crippen LogP contribution in [0.2, 0.25) is 0 Å². The number of carbonyl (C=O) groups is 7. The van der Waals surface area contributed by atoms with E-state index in [1.165, 1.54) is 34.3 Å². The second-order valence-corrected chi connectivity index (χ2v) is 16.9. The molecule has 0 bridgehead atoms. The summed E-state index contributed by atoms with van der Waals surface area (Å²) in [6.45, 7) is 16.0. The topological polar surface area (TPSA) is 266 Å². The molecular weight excluding hydrogens is 964 g/mol. The lowest BCUT2D eigenvalue weighted by Crippen LogP contribution is -2.55. The molecule has 7 N–H and O–H groups in total. The molecule has 3 atom stereocenters. The maximum Gasteiger partial charge on any atom is 0.410 e. The summed E-state index contributed by atoms with van der Waals surface area (Å²) in [4.78, 5) is 89.6. The minimum Gasteiger partial charge on any atom is -0.480 e. The Morgan fingerprint density at radius 1 is 0.575 bits per heavy atom. The van der Waals surface area contributed by atoms with Gasteiger partial charge in [-0.15, -0.1) is 0 Å². The molecule has 0 aliphatic carbocycles. The van der Waals surface area contributed by atoms with E-state index in [2.05, 4.69) is 52.9 Å². The van der Waals surface area contributed by atoms with Gasteiger partial charge in [0.25, 0.3) is 11.8 Å². The maximum atomic E-state index is 12.7. The van der Waals surface area contributed by atoms with E-state index in [0.29, 0.717) is 70.7 Å². The summed E-state index contributed by atoms with van der Waals surface area (Å²) in [6, 6.07) is 25.6. The molecule has 21 heteroatoms. The number of likely N-dealkylation sites (tertiary alicyclic amines) is 3. The molecule has 3 saturated heterocycles. The van der Waals surface area contributed by atoms with Crippen LogP contribution >= 0.6 is 11.6 Å². The fourth-order valence-electron chi connectivity index (χ4n) is 7.36. The van der Waals surface area contributed by atoms with Crippen molar-refractivity contribution in [1.82, 2.24) is 30.5 Å². The Kier molecular flexibility index (Phi) is 34.8. The van der Waals surface area contributed by atoms with Crippen LogP contribution in [0.4, 0.5) is 19.2 Å². The summed E-state index contributed by atoms with van der Waals surface area (Å²) in [7, 11) is 0. The van der Waals surface area contributed by atoms with Gasteiger partial charge in [0, 0.05) is 31.2 Å². The maximum absolute atomic E-state index is 12.7. The number of benzene rings is 3. The second kappa shape index (κ2) is 38.2. The zero-order valence-corrected chi connectivity index (χ0v) is 42.3. The van der Waals surface area contributed by atoms with Gasteiger partial charge in [-0.3, -0.25) is 46.8 Å². The fraction of sp³-hybridized carbons (Fsp3) is 0.519. The van der Waals surface area contributed by atoms with Crippen LogP contribution in [0, 0.1) is 5.92 Å². The van der Waals surface area contributed by atoms with Gasteiger partial charge in [0.1, 0.15) is 37.9 Å². The van der Waals surface area contributed by atoms with Gasteiger partial charge in [-0.25, -0.2) is 24.0 Å². The number of hydrogen-bond acceptors (Lipinski definition) is 14. The summed E-state index contributed by atoms with van der Waals surface area (Å²) in [5, 5.41) is 8.97. The van der Waals surface area contributed by atoms with Gasteiger partial charge in [0.15, 0.2) is 0 Å². The third kappa shape index (κ3) is 25.2. The number of nitrogens with one attached hydrogen (secondary N) is 2. The summed E-state index contributed by atoms with van der Waals surface area (Å²) in [5.74, 6) is 6.38. The van der Waals surface area contributed by atoms with Crippen molar-refractivity contribution in [2.24, 2.45) is 17.6 Å². The summed E-state index contributed by atoms with van der Waals surface area (Å²) < 4.78 is 20.3. The standard InChI is InChI=1S/C26H30N4O6.C13H15NO4.C6H15N.C5H9ClO2.2CH4.H4N2/c31-23(21-13-7-15-29(21)25(33)35-17-19-9-3-1-4-10-19)27-28-24(32)22-14-8-16-30(22)26(34)36-18-20-11-5-2-6-12-20;15-12(16)11-7-4-8-14(11)13(17)18-9-10-5-2-1-3-6-10;1-4-7(5-2)6-3;1-4(2)3-8-5(6)7;;;1-2/h1-6,9-12,21-22H,7-8,13-18H2,(H,27,31)(H,28,32);1-3,5-6,11H,4,7-9H2,(H,15,16);4-6H2,1-3H3;4H,3H2,1-2H3;2*1H4;1-2H2/t21-,22?;11-;;;;;/m00...../s1. The number of rotatable bonds is 14. The van der Waals surface area contributed by atoms with Crippen molar-refractivity contribution < 1.29 is 57.6 Å². The van der Waals surface area contributed by atoms with Crippen molar-refractivity contribution in [3.8, 4) is 0 Å².